The standard InChI is InChI=1S/C9H12N4O7/c10-8-11-5(15)1-2-12(8)9(13(18)19)7(17)6(16)4(3-14)20-9/h1-2,4,6-7,14,16-17H,3H2,(H2,10,11,15)/t4-,6-,7-,9-/m1/s1. The molecule has 20 heavy (non-hydrogen) atoms. The number of nitrogens with two attached hydrogens (primary N) is 1. The Morgan fingerprint density at radius 1 is 1.60 bits per heavy atom. The first-order valence-electron chi connectivity index (χ1n) is 5.49. The third-order valence-corrected chi connectivity index (χ3v) is 3.04. The summed E-state index contributed by atoms with van der Waals surface area (Å²) in [6.07, 6.45) is -4.18. The lowest BCUT2D eigenvalue weighted by Gasteiger charge is -2.25. The molecule has 11 heteroatoms. The van der Waals surface area contributed by atoms with Crippen LogP contribution in [0.1, 0.15) is 0 Å². The Kier molecular flexibility index (Phi) is 3.43. The van der Waals surface area contributed by atoms with Crippen molar-refractivity contribution in [3.63, 3.8) is 0 Å². The summed E-state index contributed by atoms with van der Waals surface area (Å²) >= 11 is 0. The van der Waals surface area contributed by atoms with Gasteiger partial charge >= 0.3 is 5.85 Å². The zero-order valence-corrected chi connectivity index (χ0v) is 9.99. The van der Waals surface area contributed by atoms with Crippen molar-refractivity contribution in [1.82, 2.24) is 9.55 Å². The van der Waals surface area contributed by atoms with Crippen LogP contribution in [-0.2, 0) is 10.6 Å². The molecule has 1 aliphatic heterocycles. The molecule has 1 saturated heterocycles. The van der Waals surface area contributed by atoms with E-state index in [1.807, 2.05) is 0 Å². The number of rotatable bonds is 3. The Hall–Kier alpha value is -2.08. The van der Waals surface area contributed by atoms with Gasteiger partial charge in [0, 0.05) is 12.3 Å². The van der Waals surface area contributed by atoms with Gasteiger partial charge in [-0.05, 0) is 0 Å². The average Bonchev–Trinajstić information content (AvgIpc) is 2.64. The normalized spacial score (nSPS) is 33.2. The van der Waals surface area contributed by atoms with Gasteiger partial charge in [-0.2, -0.15) is 4.98 Å². The molecule has 0 radical (unpaired) electrons. The van der Waals surface area contributed by atoms with Crippen LogP contribution in [-0.4, -0.2) is 54.7 Å². The Balaban J connectivity index is 2.62. The molecule has 5 N–H and O–H groups in total. The van der Waals surface area contributed by atoms with E-state index < -0.39 is 47.2 Å². The van der Waals surface area contributed by atoms with Crippen molar-refractivity contribution in [1.29, 1.82) is 0 Å². The number of nitro groups is 1. The van der Waals surface area contributed by atoms with Crippen LogP contribution < -0.4 is 11.3 Å². The van der Waals surface area contributed by atoms with Gasteiger partial charge in [-0.1, -0.05) is 0 Å². The topological polar surface area (TPSA) is 174 Å². The first-order chi connectivity index (χ1) is 9.34. The lowest BCUT2D eigenvalue weighted by atomic mass is 10.1. The highest BCUT2D eigenvalue weighted by Gasteiger charge is 2.66. The molecule has 1 aromatic heterocycles. The van der Waals surface area contributed by atoms with E-state index >= 15 is 0 Å². The quantitative estimate of drug-likeness (QED) is 0.330. The number of anilines is 1. The van der Waals surface area contributed by atoms with Gasteiger partial charge in [0.25, 0.3) is 5.56 Å². The fourth-order valence-corrected chi connectivity index (χ4v) is 2.06. The van der Waals surface area contributed by atoms with E-state index in [9.17, 15) is 25.1 Å². The lowest BCUT2D eigenvalue weighted by molar-refractivity contribution is -0.672. The van der Waals surface area contributed by atoms with Crippen LogP contribution in [0.25, 0.3) is 0 Å². The molecule has 1 aromatic rings. The van der Waals surface area contributed by atoms with Crippen molar-refractivity contribution in [2.45, 2.75) is 24.2 Å². The molecular weight excluding hydrogens is 276 g/mol. The minimum absolute atomic E-state index is 0.570. The van der Waals surface area contributed by atoms with Crippen molar-refractivity contribution in [2.24, 2.45) is 0 Å². The predicted molar refractivity (Wildman–Crippen MR) is 61.9 cm³/mol. The summed E-state index contributed by atoms with van der Waals surface area (Å²) in [5.41, 5.74) is 4.70. The number of aliphatic hydroxyl groups is 3. The molecule has 0 aromatic carbocycles. The van der Waals surface area contributed by atoms with Gasteiger partial charge in [0.2, 0.25) is 12.1 Å². The first-order valence-corrected chi connectivity index (χ1v) is 5.49. The zero-order chi connectivity index (χ0) is 15.1. The fraction of sp³-hybridized carbons (Fsp3) is 0.556. The molecule has 1 fully saturated rings. The van der Waals surface area contributed by atoms with E-state index in [1.54, 1.807) is 0 Å². The summed E-state index contributed by atoms with van der Waals surface area (Å²) in [5, 5.41) is 39.9. The second kappa shape index (κ2) is 4.79. The highest BCUT2D eigenvalue weighted by Crippen LogP contribution is 2.36. The summed E-state index contributed by atoms with van der Waals surface area (Å²) in [4.78, 5) is 24.6. The smallest absolute Gasteiger partial charge is 0.394 e. The monoisotopic (exact) mass is 288 g/mol. The molecule has 4 atom stereocenters. The number of aromatic nitrogens is 2. The average molecular weight is 288 g/mol. The van der Waals surface area contributed by atoms with Gasteiger partial charge in [-0.25, -0.2) is 4.57 Å². The van der Waals surface area contributed by atoms with Crippen molar-refractivity contribution in [3.05, 3.63) is 32.7 Å². The molecular formula is C9H12N4O7. The van der Waals surface area contributed by atoms with E-state index in [0.29, 0.717) is 4.57 Å². The van der Waals surface area contributed by atoms with E-state index in [-0.39, 0.29) is 0 Å². The molecule has 0 bridgehead atoms. The van der Waals surface area contributed by atoms with Gasteiger partial charge in [-0.15, -0.1) is 0 Å². The minimum atomic E-state index is -2.67. The maximum Gasteiger partial charge on any atom is 0.444 e. The molecule has 0 aliphatic carbocycles. The molecule has 2 heterocycles. The van der Waals surface area contributed by atoms with Crippen LogP contribution in [0.4, 0.5) is 5.95 Å². The zero-order valence-electron chi connectivity index (χ0n) is 9.99. The molecule has 1 aliphatic rings. The fourth-order valence-electron chi connectivity index (χ4n) is 2.06. The molecule has 0 saturated carbocycles. The van der Waals surface area contributed by atoms with Gasteiger partial charge in [-0.3, -0.25) is 19.6 Å². The third-order valence-electron chi connectivity index (χ3n) is 3.04. The molecule has 110 valence electrons. The number of aliphatic hydroxyl groups excluding tert-OH is 3. The van der Waals surface area contributed by atoms with Crippen LogP contribution in [0.5, 0.6) is 0 Å². The van der Waals surface area contributed by atoms with E-state index in [0.717, 1.165) is 12.3 Å². The van der Waals surface area contributed by atoms with Crippen LogP contribution in [0.3, 0.4) is 0 Å². The summed E-state index contributed by atoms with van der Waals surface area (Å²) in [7, 11) is 0. The highest BCUT2D eigenvalue weighted by atomic mass is 16.7. The summed E-state index contributed by atoms with van der Waals surface area (Å²) < 4.78 is 5.61. The van der Waals surface area contributed by atoms with E-state index in [1.165, 1.54) is 0 Å². The molecule has 2 rings (SSSR count). The summed E-state index contributed by atoms with van der Waals surface area (Å²) in [5.74, 6) is -3.24. The number of hydrogen-bond donors (Lipinski definition) is 4. The molecule has 0 amide bonds. The van der Waals surface area contributed by atoms with Gasteiger partial charge in [0.05, 0.1) is 11.5 Å². The Bertz CT molecular complexity index is 590. The minimum Gasteiger partial charge on any atom is -0.394 e. The number of nitrogens with zero attached hydrogens (tertiary/aromatic N) is 3. The van der Waals surface area contributed by atoms with E-state index in [4.69, 9.17) is 15.6 Å². The third kappa shape index (κ3) is 1.84. The summed E-state index contributed by atoms with van der Waals surface area (Å²) in [6.45, 7) is -0.749. The van der Waals surface area contributed by atoms with Crippen molar-refractivity contribution in [2.75, 3.05) is 12.3 Å². The Labute approximate surface area is 111 Å². The van der Waals surface area contributed by atoms with E-state index in [2.05, 4.69) is 4.98 Å². The van der Waals surface area contributed by atoms with Crippen molar-refractivity contribution < 1.29 is 25.0 Å². The highest BCUT2D eigenvalue weighted by molar-refractivity contribution is 5.19. The maximum atomic E-state index is 11.3. The van der Waals surface area contributed by atoms with Gasteiger partial charge in [0.1, 0.15) is 12.2 Å². The number of nitrogen functional groups attached to an aromatic ring is 1. The summed E-state index contributed by atoms with van der Waals surface area (Å²) in [6, 6.07) is 0.885. The van der Waals surface area contributed by atoms with Crippen molar-refractivity contribution >= 4 is 5.95 Å². The second-order valence-corrected chi connectivity index (χ2v) is 4.18. The van der Waals surface area contributed by atoms with Gasteiger partial charge < -0.3 is 21.1 Å². The Morgan fingerprint density at radius 2 is 2.25 bits per heavy atom. The predicted octanol–water partition coefficient (Wildman–Crippen LogP) is -3.17. The van der Waals surface area contributed by atoms with Crippen LogP contribution in [0, 0.1) is 10.1 Å². The molecule has 0 unspecified atom stereocenters. The SMILES string of the molecule is Nc1nc(=O)ccn1[C@]1([N+](=O)[O-])O[C@H](CO)[C@@H](O)[C@H]1O. The van der Waals surface area contributed by atoms with Crippen molar-refractivity contribution in [3.8, 4) is 0 Å². The second-order valence-electron chi connectivity index (χ2n) is 4.18. The Morgan fingerprint density at radius 3 is 2.70 bits per heavy atom. The maximum absolute atomic E-state index is 11.3. The lowest BCUT2D eigenvalue weighted by Crippen LogP contribution is -2.52. The molecule has 0 spiro atoms. The van der Waals surface area contributed by atoms with Gasteiger partial charge in [0.15, 0.2) is 0 Å². The van der Waals surface area contributed by atoms with Crippen LogP contribution >= 0.6 is 0 Å². The van der Waals surface area contributed by atoms with Crippen LogP contribution in [0.2, 0.25) is 0 Å². The molecule has 11 nitrogen and oxygen atoms in total. The van der Waals surface area contributed by atoms with Crippen LogP contribution in [0.15, 0.2) is 17.1 Å². The first kappa shape index (κ1) is 14.3. The largest absolute Gasteiger partial charge is 0.444 e. The number of hydrogen-bond acceptors (Lipinski definition) is 9. The number of ether oxygens (including phenoxy) is 1.